The number of rotatable bonds is 4. The molecule has 28 heavy (non-hydrogen) atoms. The van der Waals surface area contributed by atoms with Crippen LogP contribution in [0.3, 0.4) is 0 Å². The summed E-state index contributed by atoms with van der Waals surface area (Å²) in [5, 5.41) is 0.629. The Morgan fingerprint density at radius 1 is 0.857 bits per heavy atom. The van der Waals surface area contributed by atoms with Crippen molar-refractivity contribution in [2.24, 2.45) is 0 Å². The fourth-order valence-corrected chi connectivity index (χ4v) is 3.79. The summed E-state index contributed by atoms with van der Waals surface area (Å²) < 4.78 is 0. The molecule has 0 spiro atoms. The van der Waals surface area contributed by atoms with E-state index < -0.39 is 0 Å². The van der Waals surface area contributed by atoms with E-state index in [2.05, 4.69) is 16.8 Å². The lowest BCUT2D eigenvalue weighted by atomic mass is 10.0. The van der Waals surface area contributed by atoms with Gasteiger partial charge in [-0.05, 0) is 30.3 Å². The van der Waals surface area contributed by atoms with Crippen LogP contribution in [-0.4, -0.2) is 59.7 Å². The van der Waals surface area contributed by atoms with Crippen molar-refractivity contribution >= 4 is 29.0 Å². The van der Waals surface area contributed by atoms with Crippen molar-refractivity contribution in [3.8, 4) is 0 Å². The standard InChI is InChI=1S/C22H22ClN3O2/c1-24-11-13-25(14-12-24)20-19(17-5-3-2-4-6-17)21(27)26(22(20)28)15-16-7-9-18(23)10-8-16/h2-10H,11-15H2,1H3. The quantitative estimate of drug-likeness (QED) is 0.747. The van der Waals surface area contributed by atoms with Gasteiger partial charge < -0.3 is 9.80 Å². The molecule has 0 aromatic heterocycles. The zero-order chi connectivity index (χ0) is 19.7. The molecule has 5 nitrogen and oxygen atoms in total. The minimum absolute atomic E-state index is 0.219. The van der Waals surface area contributed by atoms with Crippen LogP contribution in [0.5, 0.6) is 0 Å². The smallest absolute Gasteiger partial charge is 0.278 e. The molecular weight excluding hydrogens is 374 g/mol. The van der Waals surface area contributed by atoms with Crippen molar-refractivity contribution in [2.45, 2.75) is 6.54 Å². The van der Waals surface area contributed by atoms with Crippen LogP contribution in [0.4, 0.5) is 0 Å². The van der Waals surface area contributed by atoms with E-state index in [0.717, 1.165) is 37.3 Å². The molecule has 0 radical (unpaired) electrons. The predicted octanol–water partition coefficient (Wildman–Crippen LogP) is 2.87. The molecule has 2 aromatic carbocycles. The average molecular weight is 396 g/mol. The summed E-state index contributed by atoms with van der Waals surface area (Å²) in [5.74, 6) is -0.455. The Hall–Kier alpha value is -2.63. The van der Waals surface area contributed by atoms with Crippen molar-refractivity contribution in [3.63, 3.8) is 0 Å². The van der Waals surface area contributed by atoms with Crippen LogP contribution in [0.2, 0.25) is 5.02 Å². The molecule has 4 rings (SSSR count). The molecule has 2 aliphatic rings. The first kappa shape index (κ1) is 18.7. The van der Waals surface area contributed by atoms with Gasteiger partial charge in [0.1, 0.15) is 5.70 Å². The third-order valence-corrected chi connectivity index (χ3v) is 5.53. The van der Waals surface area contributed by atoms with Crippen molar-refractivity contribution in [2.75, 3.05) is 33.2 Å². The van der Waals surface area contributed by atoms with Crippen LogP contribution in [-0.2, 0) is 16.1 Å². The molecule has 1 saturated heterocycles. The minimum Gasteiger partial charge on any atom is -0.364 e. The Labute approximate surface area is 169 Å². The minimum atomic E-state index is -0.236. The lowest BCUT2D eigenvalue weighted by molar-refractivity contribution is -0.138. The van der Waals surface area contributed by atoms with Gasteiger partial charge in [0.15, 0.2) is 0 Å². The highest BCUT2D eigenvalue weighted by atomic mass is 35.5. The number of benzene rings is 2. The first-order valence-corrected chi connectivity index (χ1v) is 9.76. The Morgan fingerprint density at radius 2 is 1.50 bits per heavy atom. The average Bonchev–Trinajstić information content (AvgIpc) is 2.95. The van der Waals surface area contributed by atoms with E-state index in [1.165, 1.54) is 4.90 Å². The van der Waals surface area contributed by atoms with Gasteiger partial charge in [0.25, 0.3) is 11.8 Å². The fraction of sp³-hybridized carbons (Fsp3) is 0.273. The second-order valence-electron chi connectivity index (χ2n) is 7.20. The first-order valence-electron chi connectivity index (χ1n) is 9.38. The van der Waals surface area contributed by atoms with Crippen LogP contribution >= 0.6 is 11.6 Å². The van der Waals surface area contributed by atoms with E-state index in [4.69, 9.17) is 11.6 Å². The fourth-order valence-electron chi connectivity index (χ4n) is 3.67. The topological polar surface area (TPSA) is 43.9 Å². The Bertz CT molecular complexity index is 917. The molecule has 1 fully saturated rings. The monoisotopic (exact) mass is 395 g/mol. The number of piperazine rings is 1. The van der Waals surface area contributed by atoms with Crippen LogP contribution in [0, 0.1) is 0 Å². The highest BCUT2D eigenvalue weighted by molar-refractivity contribution is 6.35. The lowest BCUT2D eigenvalue weighted by Gasteiger charge is -2.34. The normalized spacial score (nSPS) is 18.4. The Morgan fingerprint density at radius 3 is 2.14 bits per heavy atom. The van der Waals surface area contributed by atoms with Crippen LogP contribution in [0.25, 0.3) is 5.57 Å². The lowest BCUT2D eigenvalue weighted by Crippen LogP contribution is -2.46. The molecule has 2 amide bonds. The number of amides is 2. The van der Waals surface area contributed by atoms with Crippen molar-refractivity contribution in [1.82, 2.24) is 14.7 Å². The molecule has 0 bridgehead atoms. The summed E-state index contributed by atoms with van der Waals surface area (Å²) in [5.41, 5.74) is 2.69. The van der Waals surface area contributed by atoms with E-state index in [9.17, 15) is 9.59 Å². The first-order chi connectivity index (χ1) is 13.5. The van der Waals surface area contributed by atoms with E-state index in [1.54, 1.807) is 12.1 Å². The van der Waals surface area contributed by atoms with Gasteiger partial charge in [0, 0.05) is 31.2 Å². The summed E-state index contributed by atoms with van der Waals surface area (Å²) in [6.45, 7) is 3.43. The van der Waals surface area contributed by atoms with Crippen molar-refractivity contribution in [1.29, 1.82) is 0 Å². The number of hydrogen-bond acceptors (Lipinski definition) is 4. The van der Waals surface area contributed by atoms with Crippen molar-refractivity contribution < 1.29 is 9.59 Å². The zero-order valence-electron chi connectivity index (χ0n) is 15.8. The number of likely N-dealkylation sites (N-methyl/N-ethyl adjacent to an activating group) is 1. The molecule has 2 heterocycles. The third kappa shape index (κ3) is 3.55. The number of carbonyl (C=O) groups excluding carboxylic acids is 2. The molecule has 0 atom stereocenters. The second-order valence-corrected chi connectivity index (χ2v) is 7.64. The number of nitrogens with zero attached hydrogens (tertiary/aromatic N) is 3. The van der Waals surface area contributed by atoms with Gasteiger partial charge in [-0.1, -0.05) is 54.1 Å². The van der Waals surface area contributed by atoms with Gasteiger partial charge in [-0.3, -0.25) is 14.5 Å². The molecule has 6 heteroatoms. The summed E-state index contributed by atoms with van der Waals surface area (Å²) in [7, 11) is 2.07. The van der Waals surface area contributed by atoms with Gasteiger partial charge >= 0.3 is 0 Å². The molecule has 144 valence electrons. The Balaban J connectivity index is 1.70. The van der Waals surface area contributed by atoms with Crippen LogP contribution < -0.4 is 0 Å². The summed E-state index contributed by atoms with van der Waals surface area (Å²) in [4.78, 5) is 32.2. The SMILES string of the molecule is CN1CCN(C2=C(c3ccccc3)C(=O)N(Cc3ccc(Cl)cc3)C2=O)CC1. The second kappa shape index (κ2) is 7.78. The van der Waals surface area contributed by atoms with E-state index in [1.807, 2.05) is 42.5 Å². The third-order valence-electron chi connectivity index (χ3n) is 5.28. The van der Waals surface area contributed by atoms with Crippen LogP contribution in [0.15, 0.2) is 60.3 Å². The highest BCUT2D eigenvalue weighted by Gasteiger charge is 2.41. The summed E-state index contributed by atoms with van der Waals surface area (Å²) in [6, 6.07) is 16.7. The van der Waals surface area contributed by atoms with Gasteiger partial charge in [0.05, 0.1) is 12.1 Å². The molecular formula is C22H22ClN3O2. The number of hydrogen-bond donors (Lipinski definition) is 0. The number of halogens is 1. The summed E-state index contributed by atoms with van der Waals surface area (Å²) in [6.07, 6.45) is 0. The van der Waals surface area contributed by atoms with E-state index in [0.29, 0.717) is 16.3 Å². The van der Waals surface area contributed by atoms with Crippen LogP contribution in [0.1, 0.15) is 11.1 Å². The van der Waals surface area contributed by atoms with Gasteiger partial charge in [0.2, 0.25) is 0 Å². The van der Waals surface area contributed by atoms with Crippen molar-refractivity contribution in [3.05, 3.63) is 76.4 Å². The number of imide groups is 1. The highest BCUT2D eigenvalue weighted by Crippen LogP contribution is 2.33. The molecule has 2 aromatic rings. The maximum absolute atomic E-state index is 13.3. The van der Waals surface area contributed by atoms with E-state index in [-0.39, 0.29) is 18.4 Å². The zero-order valence-corrected chi connectivity index (χ0v) is 16.5. The van der Waals surface area contributed by atoms with Gasteiger partial charge in [-0.25, -0.2) is 0 Å². The van der Waals surface area contributed by atoms with Gasteiger partial charge in [-0.2, -0.15) is 0 Å². The molecule has 0 saturated carbocycles. The largest absolute Gasteiger partial charge is 0.364 e. The maximum Gasteiger partial charge on any atom is 0.278 e. The maximum atomic E-state index is 13.3. The summed E-state index contributed by atoms with van der Waals surface area (Å²) >= 11 is 5.96. The number of carbonyl (C=O) groups is 2. The molecule has 2 aliphatic heterocycles. The predicted molar refractivity (Wildman–Crippen MR) is 109 cm³/mol. The molecule has 0 N–H and O–H groups in total. The Kier molecular flexibility index (Phi) is 5.20. The van der Waals surface area contributed by atoms with Gasteiger partial charge in [-0.15, -0.1) is 0 Å². The van der Waals surface area contributed by atoms with E-state index >= 15 is 0 Å². The molecule has 0 aliphatic carbocycles. The molecule has 0 unspecified atom stereocenters.